The smallest absolute Gasteiger partial charge is 0.244 e. The lowest BCUT2D eigenvalue weighted by molar-refractivity contribution is -0.116. The Kier molecular flexibility index (Phi) is 6.88. The van der Waals surface area contributed by atoms with E-state index in [1.54, 1.807) is 18.2 Å². The highest BCUT2D eigenvalue weighted by molar-refractivity contribution is 5.91. The van der Waals surface area contributed by atoms with E-state index in [0.717, 1.165) is 18.1 Å². The van der Waals surface area contributed by atoms with Crippen molar-refractivity contribution in [3.63, 3.8) is 0 Å². The third-order valence-electron chi connectivity index (χ3n) is 3.24. The standard InChI is InChI=1S/C18H22FN5O/c1-3-20-16-12-13(2)23-18(24-16)22-11-10-21-17(25)9-8-14-6-4-5-7-15(14)19/h4-9,12H,3,10-11H2,1-2H3,(H,21,25)(H2,20,22,23,24)/b9-8+. The molecule has 1 aromatic carbocycles. The molecule has 2 rings (SSSR count). The third-order valence-corrected chi connectivity index (χ3v) is 3.24. The van der Waals surface area contributed by atoms with Crippen molar-refractivity contribution < 1.29 is 9.18 Å². The van der Waals surface area contributed by atoms with Crippen LogP contribution in [0, 0.1) is 12.7 Å². The number of benzene rings is 1. The molecule has 1 amide bonds. The number of nitrogens with zero attached hydrogens (tertiary/aromatic N) is 2. The van der Waals surface area contributed by atoms with Gasteiger partial charge < -0.3 is 16.0 Å². The summed E-state index contributed by atoms with van der Waals surface area (Å²) < 4.78 is 13.4. The number of anilines is 2. The number of amides is 1. The molecule has 0 aliphatic heterocycles. The molecule has 6 nitrogen and oxygen atoms in total. The van der Waals surface area contributed by atoms with Crippen LogP contribution >= 0.6 is 0 Å². The van der Waals surface area contributed by atoms with Gasteiger partial charge in [0.15, 0.2) is 0 Å². The monoisotopic (exact) mass is 343 g/mol. The van der Waals surface area contributed by atoms with Crippen molar-refractivity contribution in [1.82, 2.24) is 15.3 Å². The molecular weight excluding hydrogens is 321 g/mol. The molecule has 0 saturated carbocycles. The van der Waals surface area contributed by atoms with Gasteiger partial charge in [-0.05, 0) is 26.0 Å². The molecule has 0 saturated heterocycles. The lowest BCUT2D eigenvalue weighted by Crippen LogP contribution is -2.27. The van der Waals surface area contributed by atoms with Gasteiger partial charge in [0.1, 0.15) is 11.6 Å². The lowest BCUT2D eigenvalue weighted by atomic mass is 10.2. The zero-order valence-electron chi connectivity index (χ0n) is 14.3. The summed E-state index contributed by atoms with van der Waals surface area (Å²) in [5.74, 6) is 0.617. The van der Waals surface area contributed by atoms with Gasteiger partial charge >= 0.3 is 0 Å². The van der Waals surface area contributed by atoms with E-state index in [1.807, 2.05) is 19.9 Å². The lowest BCUT2D eigenvalue weighted by Gasteiger charge is -2.09. The molecule has 7 heteroatoms. The molecule has 0 bridgehead atoms. The van der Waals surface area contributed by atoms with Crippen LogP contribution < -0.4 is 16.0 Å². The van der Waals surface area contributed by atoms with E-state index < -0.39 is 0 Å². The summed E-state index contributed by atoms with van der Waals surface area (Å²) in [6, 6.07) is 8.15. The minimum Gasteiger partial charge on any atom is -0.370 e. The highest BCUT2D eigenvalue weighted by Crippen LogP contribution is 2.09. The van der Waals surface area contributed by atoms with Crippen LogP contribution in [0.1, 0.15) is 18.2 Å². The summed E-state index contributed by atoms with van der Waals surface area (Å²) >= 11 is 0. The normalized spacial score (nSPS) is 10.7. The summed E-state index contributed by atoms with van der Waals surface area (Å²) in [5.41, 5.74) is 1.23. The molecular formula is C18H22FN5O. The van der Waals surface area contributed by atoms with Gasteiger partial charge in [0.05, 0.1) is 0 Å². The molecule has 3 N–H and O–H groups in total. The second-order valence-electron chi connectivity index (χ2n) is 5.32. The van der Waals surface area contributed by atoms with Gasteiger partial charge in [-0.25, -0.2) is 9.37 Å². The quantitative estimate of drug-likeness (QED) is 0.507. The second-order valence-corrected chi connectivity index (χ2v) is 5.32. The topological polar surface area (TPSA) is 78.9 Å². The van der Waals surface area contributed by atoms with Gasteiger partial charge in [0, 0.05) is 43.0 Å². The minimum absolute atomic E-state index is 0.288. The van der Waals surface area contributed by atoms with Gasteiger partial charge in [-0.3, -0.25) is 4.79 Å². The van der Waals surface area contributed by atoms with E-state index in [0.29, 0.717) is 24.6 Å². The predicted molar refractivity (Wildman–Crippen MR) is 97.9 cm³/mol. The summed E-state index contributed by atoms with van der Waals surface area (Å²) in [4.78, 5) is 20.4. The third kappa shape index (κ3) is 6.21. The van der Waals surface area contributed by atoms with E-state index in [1.165, 1.54) is 18.2 Å². The molecule has 0 atom stereocenters. The zero-order chi connectivity index (χ0) is 18.1. The van der Waals surface area contributed by atoms with Crippen molar-refractivity contribution in [2.45, 2.75) is 13.8 Å². The van der Waals surface area contributed by atoms with Gasteiger partial charge in [-0.1, -0.05) is 18.2 Å². The fraction of sp³-hybridized carbons (Fsp3) is 0.278. The Labute approximate surface area is 146 Å². The van der Waals surface area contributed by atoms with Crippen molar-refractivity contribution >= 4 is 23.7 Å². The summed E-state index contributed by atoms with van der Waals surface area (Å²) in [5, 5.41) is 8.91. The number of aromatic nitrogens is 2. The number of halogens is 1. The van der Waals surface area contributed by atoms with Crippen molar-refractivity contribution in [3.8, 4) is 0 Å². The molecule has 0 unspecified atom stereocenters. The van der Waals surface area contributed by atoms with E-state index in [2.05, 4.69) is 25.9 Å². The van der Waals surface area contributed by atoms with Crippen LogP contribution in [0.4, 0.5) is 16.2 Å². The highest BCUT2D eigenvalue weighted by atomic mass is 19.1. The van der Waals surface area contributed by atoms with Gasteiger partial charge in [0.25, 0.3) is 0 Å². The number of nitrogens with one attached hydrogen (secondary N) is 3. The van der Waals surface area contributed by atoms with Gasteiger partial charge in [0.2, 0.25) is 11.9 Å². The fourth-order valence-electron chi connectivity index (χ4n) is 2.11. The van der Waals surface area contributed by atoms with Gasteiger partial charge in [-0.15, -0.1) is 0 Å². The first-order valence-electron chi connectivity index (χ1n) is 8.12. The largest absolute Gasteiger partial charge is 0.370 e. The first-order chi connectivity index (χ1) is 12.1. The first kappa shape index (κ1) is 18.4. The second kappa shape index (κ2) is 9.36. The molecule has 132 valence electrons. The number of aryl methyl sites for hydroxylation is 1. The van der Waals surface area contributed by atoms with Crippen LogP contribution in [0.2, 0.25) is 0 Å². The number of carbonyl (C=O) groups is 1. The van der Waals surface area contributed by atoms with Crippen LogP contribution in [0.15, 0.2) is 36.4 Å². The van der Waals surface area contributed by atoms with E-state index in [9.17, 15) is 9.18 Å². The minimum atomic E-state index is -0.360. The van der Waals surface area contributed by atoms with Crippen LogP contribution in [-0.4, -0.2) is 35.5 Å². The fourth-order valence-corrected chi connectivity index (χ4v) is 2.11. The summed E-state index contributed by atoms with van der Waals surface area (Å²) in [6.45, 7) is 5.54. The van der Waals surface area contributed by atoms with E-state index >= 15 is 0 Å². The number of rotatable bonds is 8. The van der Waals surface area contributed by atoms with Crippen LogP contribution in [0.25, 0.3) is 6.08 Å². The molecule has 0 spiro atoms. The summed E-state index contributed by atoms with van der Waals surface area (Å²) in [7, 11) is 0. The summed E-state index contributed by atoms with van der Waals surface area (Å²) in [6.07, 6.45) is 2.76. The predicted octanol–water partition coefficient (Wildman–Crippen LogP) is 2.60. The van der Waals surface area contributed by atoms with Crippen molar-refractivity contribution in [2.75, 3.05) is 30.3 Å². The number of hydrogen-bond donors (Lipinski definition) is 3. The molecule has 0 aliphatic rings. The maximum Gasteiger partial charge on any atom is 0.244 e. The Morgan fingerprint density at radius 3 is 2.76 bits per heavy atom. The van der Waals surface area contributed by atoms with Crippen LogP contribution in [-0.2, 0) is 4.79 Å². The molecule has 1 aromatic heterocycles. The molecule has 2 aromatic rings. The molecule has 0 radical (unpaired) electrons. The zero-order valence-corrected chi connectivity index (χ0v) is 14.3. The maximum absolute atomic E-state index is 13.4. The SMILES string of the molecule is CCNc1cc(C)nc(NCCNC(=O)/C=C/c2ccccc2F)n1. The van der Waals surface area contributed by atoms with Crippen molar-refractivity contribution in [3.05, 3.63) is 53.5 Å². The Morgan fingerprint density at radius 1 is 1.20 bits per heavy atom. The van der Waals surface area contributed by atoms with E-state index in [-0.39, 0.29) is 11.7 Å². The van der Waals surface area contributed by atoms with Crippen molar-refractivity contribution in [1.29, 1.82) is 0 Å². The molecule has 0 fully saturated rings. The average molecular weight is 343 g/mol. The molecule has 25 heavy (non-hydrogen) atoms. The molecule has 1 heterocycles. The first-order valence-corrected chi connectivity index (χ1v) is 8.12. The van der Waals surface area contributed by atoms with Crippen LogP contribution in [0.5, 0.6) is 0 Å². The Hall–Kier alpha value is -2.96. The number of hydrogen-bond acceptors (Lipinski definition) is 5. The maximum atomic E-state index is 13.4. The Balaban J connectivity index is 1.77. The van der Waals surface area contributed by atoms with Crippen LogP contribution in [0.3, 0.4) is 0 Å². The van der Waals surface area contributed by atoms with Gasteiger partial charge in [-0.2, -0.15) is 4.98 Å². The molecule has 0 aliphatic carbocycles. The number of carbonyl (C=O) groups excluding carboxylic acids is 1. The highest BCUT2D eigenvalue weighted by Gasteiger charge is 2.02. The van der Waals surface area contributed by atoms with Crippen molar-refractivity contribution in [2.24, 2.45) is 0 Å². The Bertz CT molecular complexity index is 748. The average Bonchev–Trinajstić information content (AvgIpc) is 2.58. The van der Waals surface area contributed by atoms with E-state index in [4.69, 9.17) is 0 Å². The Morgan fingerprint density at radius 2 is 2.00 bits per heavy atom.